The van der Waals surface area contributed by atoms with Crippen LogP contribution in [0.25, 0.3) is 0 Å². The number of rotatable bonds is 2. The van der Waals surface area contributed by atoms with Crippen LogP contribution >= 0.6 is 31.9 Å². The maximum absolute atomic E-state index is 11.7. The lowest BCUT2D eigenvalue weighted by atomic mass is 10.3. The highest BCUT2D eigenvalue weighted by molar-refractivity contribution is 9.11. The Morgan fingerprint density at radius 1 is 1.53 bits per heavy atom. The summed E-state index contributed by atoms with van der Waals surface area (Å²) >= 11 is 6.52. The fourth-order valence-corrected chi connectivity index (χ4v) is 1.90. The average molecular weight is 360 g/mol. The number of carbonyl (C=O) groups is 1. The van der Waals surface area contributed by atoms with E-state index in [2.05, 4.69) is 31.9 Å². The standard InChI is InChI=1S/C11H8Br2N2O2/c1-7(16)4-11(17)15(6-14)10-5-8(12)2-3-9(10)13/h2-5,16H,1H3. The molecule has 0 aromatic heterocycles. The number of amides is 1. The molecule has 17 heavy (non-hydrogen) atoms. The van der Waals surface area contributed by atoms with E-state index >= 15 is 0 Å². The Morgan fingerprint density at radius 2 is 2.18 bits per heavy atom. The molecule has 0 radical (unpaired) electrons. The molecule has 0 aliphatic carbocycles. The lowest BCUT2D eigenvalue weighted by molar-refractivity contribution is -0.113. The Balaban J connectivity index is 3.20. The van der Waals surface area contributed by atoms with Crippen LogP contribution in [-0.2, 0) is 4.79 Å². The first kappa shape index (κ1) is 13.7. The highest BCUT2D eigenvalue weighted by Gasteiger charge is 2.16. The van der Waals surface area contributed by atoms with Crippen LogP contribution in [0.4, 0.5) is 5.69 Å². The van der Waals surface area contributed by atoms with Gasteiger partial charge in [0, 0.05) is 15.0 Å². The van der Waals surface area contributed by atoms with Crippen molar-refractivity contribution < 1.29 is 9.90 Å². The molecule has 0 atom stereocenters. The number of aliphatic hydroxyl groups is 1. The molecule has 0 bridgehead atoms. The number of nitriles is 1. The van der Waals surface area contributed by atoms with Gasteiger partial charge in [-0.1, -0.05) is 15.9 Å². The van der Waals surface area contributed by atoms with Gasteiger partial charge in [-0.15, -0.1) is 0 Å². The van der Waals surface area contributed by atoms with Crippen molar-refractivity contribution >= 4 is 43.5 Å². The van der Waals surface area contributed by atoms with E-state index in [1.54, 1.807) is 24.4 Å². The van der Waals surface area contributed by atoms with Crippen molar-refractivity contribution in [2.75, 3.05) is 4.90 Å². The fourth-order valence-electron chi connectivity index (χ4n) is 1.12. The second kappa shape index (κ2) is 5.84. The molecule has 0 saturated heterocycles. The van der Waals surface area contributed by atoms with Crippen LogP contribution in [0.3, 0.4) is 0 Å². The summed E-state index contributed by atoms with van der Waals surface area (Å²) in [4.78, 5) is 12.6. The van der Waals surface area contributed by atoms with Gasteiger partial charge in [0.05, 0.1) is 11.4 Å². The van der Waals surface area contributed by atoms with Crippen LogP contribution in [0.5, 0.6) is 0 Å². The van der Waals surface area contributed by atoms with Gasteiger partial charge < -0.3 is 5.11 Å². The number of benzene rings is 1. The highest BCUT2D eigenvalue weighted by atomic mass is 79.9. The van der Waals surface area contributed by atoms with Crippen molar-refractivity contribution in [2.45, 2.75) is 6.92 Å². The van der Waals surface area contributed by atoms with Gasteiger partial charge in [0.1, 0.15) is 0 Å². The van der Waals surface area contributed by atoms with Gasteiger partial charge in [0.2, 0.25) is 0 Å². The zero-order valence-corrected chi connectivity index (χ0v) is 12.0. The largest absolute Gasteiger partial charge is 0.512 e. The van der Waals surface area contributed by atoms with Crippen molar-refractivity contribution in [1.82, 2.24) is 0 Å². The summed E-state index contributed by atoms with van der Waals surface area (Å²) in [7, 11) is 0. The Hall–Kier alpha value is -1.32. The van der Waals surface area contributed by atoms with Gasteiger partial charge in [0.25, 0.3) is 5.91 Å². The third-order valence-corrected chi connectivity index (χ3v) is 2.97. The average Bonchev–Trinajstić information content (AvgIpc) is 2.23. The van der Waals surface area contributed by atoms with Crippen molar-refractivity contribution in [2.24, 2.45) is 0 Å². The summed E-state index contributed by atoms with van der Waals surface area (Å²) in [5, 5.41) is 18.0. The molecule has 0 spiro atoms. The second-order valence-corrected chi connectivity index (χ2v) is 4.93. The summed E-state index contributed by atoms with van der Waals surface area (Å²) in [6.45, 7) is 1.36. The molecule has 0 fully saturated rings. The molecule has 0 heterocycles. The fraction of sp³-hybridized carbons (Fsp3) is 0.0909. The molecule has 0 saturated carbocycles. The predicted molar refractivity (Wildman–Crippen MR) is 71.3 cm³/mol. The Labute approximate surface area is 115 Å². The van der Waals surface area contributed by atoms with Crippen molar-refractivity contribution in [3.63, 3.8) is 0 Å². The smallest absolute Gasteiger partial charge is 0.267 e. The molecule has 1 aromatic carbocycles. The number of hydrogen-bond acceptors (Lipinski definition) is 3. The summed E-state index contributed by atoms with van der Waals surface area (Å²) in [6.07, 6.45) is 2.75. The molecular formula is C11H8Br2N2O2. The summed E-state index contributed by atoms with van der Waals surface area (Å²) < 4.78 is 1.35. The SMILES string of the molecule is CC(O)=CC(=O)N(C#N)c1cc(Br)ccc1Br. The van der Waals surface area contributed by atoms with Crippen LogP contribution in [0, 0.1) is 11.5 Å². The second-order valence-electron chi connectivity index (χ2n) is 3.16. The van der Waals surface area contributed by atoms with Crippen LogP contribution in [0.2, 0.25) is 0 Å². The molecule has 88 valence electrons. The molecule has 1 N–H and O–H groups in total. The first-order chi connectivity index (χ1) is 7.95. The van der Waals surface area contributed by atoms with E-state index < -0.39 is 5.91 Å². The van der Waals surface area contributed by atoms with E-state index in [1.807, 2.05) is 0 Å². The van der Waals surface area contributed by atoms with Crippen LogP contribution < -0.4 is 4.90 Å². The topological polar surface area (TPSA) is 64.3 Å². The molecule has 0 aliphatic rings. The van der Waals surface area contributed by atoms with Gasteiger partial charge >= 0.3 is 0 Å². The van der Waals surface area contributed by atoms with Crippen LogP contribution in [-0.4, -0.2) is 11.0 Å². The normalized spacial score (nSPS) is 10.8. The minimum Gasteiger partial charge on any atom is -0.512 e. The summed E-state index contributed by atoms with van der Waals surface area (Å²) in [6, 6.07) is 5.12. The first-order valence-corrected chi connectivity index (χ1v) is 6.10. The number of hydrogen-bond donors (Lipinski definition) is 1. The maximum Gasteiger partial charge on any atom is 0.267 e. The molecule has 4 nitrogen and oxygen atoms in total. The minimum atomic E-state index is -0.605. The van der Waals surface area contributed by atoms with E-state index in [0.29, 0.717) is 10.2 Å². The zero-order chi connectivity index (χ0) is 13.0. The minimum absolute atomic E-state index is 0.152. The molecular weight excluding hydrogens is 352 g/mol. The summed E-state index contributed by atoms with van der Waals surface area (Å²) in [5.74, 6) is -0.757. The number of allylic oxidation sites excluding steroid dienone is 1. The van der Waals surface area contributed by atoms with Gasteiger partial charge in [0.15, 0.2) is 6.19 Å². The molecule has 1 amide bonds. The van der Waals surface area contributed by atoms with Crippen LogP contribution in [0.15, 0.2) is 39.0 Å². The number of anilines is 1. The molecule has 0 unspecified atom stereocenters. The van der Waals surface area contributed by atoms with E-state index in [0.717, 1.165) is 15.4 Å². The zero-order valence-electron chi connectivity index (χ0n) is 8.82. The summed E-state index contributed by atoms with van der Waals surface area (Å²) in [5.41, 5.74) is 0.407. The van der Waals surface area contributed by atoms with Gasteiger partial charge in [-0.25, -0.2) is 4.90 Å². The third kappa shape index (κ3) is 3.58. The molecule has 0 aliphatic heterocycles. The first-order valence-electron chi connectivity index (χ1n) is 4.52. The quantitative estimate of drug-likeness (QED) is 0.380. The molecule has 1 aromatic rings. The van der Waals surface area contributed by atoms with E-state index in [1.165, 1.54) is 6.92 Å². The van der Waals surface area contributed by atoms with Gasteiger partial charge in [-0.2, -0.15) is 5.26 Å². The number of halogens is 2. The third-order valence-electron chi connectivity index (χ3n) is 1.80. The molecule has 6 heteroatoms. The Kier molecular flexibility index (Phi) is 4.73. The predicted octanol–water partition coefficient (Wildman–Crippen LogP) is 3.49. The lowest BCUT2D eigenvalue weighted by Gasteiger charge is -2.13. The molecule has 1 rings (SSSR count). The highest BCUT2D eigenvalue weighted by Crippen LogP contribution is 2.29. The van der Waals surface area contributed by atoms with E-state index in [4.69, 9.17) is 10.4 Å². The van der Waals surface area contributed by atoms with E-state index in [-0.39, 0.29) is 5.76 Å². The van der Waals surface area contributed by atoms with Crippen molar-refractivity contribution in [3.05, 3.63) is 39.0 Å². The Bertz CT molecular complexity index is 517. The van der Waals surface area contributed by atoms with E-state index in [9.17, 15) is 4.79 Å². The lowest BCUT2D eigenvalue weighted by Crippen LogP contribution is -2.24. The number of aliphatic hydroxyl groups excluding tert-OH is 1. The van der Waals surface area contributed by atoms with Gasteiger partial charge in [-0.3, -0.25) is 4.79 Å². The number of carbonyl (C=O) groups excluding carboxylic acids is 1. The number of nitrogens with zero attached hydrogens (tertiary/aromatic N) is 2. The van der Waals surface area contributed by atoms with Crippen molar-refractivity contribution in [1.29, 1.82) is 5.26 Å². The Morgan fingerprint density at radius 3 is 2.71 bits per heavy atom. The van der Waals surface area contributed by atoms with Crippen LogP contribution in [0.1, 0.15) is 6.92 Å². The monoisotopic (exact) mass is 358 g/mol. The van der Waals surface area contributed by atoms with Crippen molar-refractivity contribution in [3.8, 4) is 6.19 Å². The van der Waals surface area contributed by atoms with Gasteiger partial charge in [-0.05, 0) is 41.1 Å². The maximum atomic E-state index is 11.7.